The van der Waals surface area contributed by atoms with Gasteiger partial charge in [0.15, 0.2) is 0 Å². The van der Waals surface area contributed by atoms with Crippen molar-refractivity contribution in [2.45, 2.75) is 38.3 Å². The summed E-state index contributed by atoms with van der Waals surface area (Å²) in [7, 11) is 1.74. The van der Waals surface area contributed by atoms with Crippen LogP contribution in [0.1, 0.15) is 47.9 Å². The van der Waals surface area contributed by atoms with E-state index in [4.69, 9.17) is 4.74 Å². The molecule has 0 bridgehead atoms. The summed E-state index contributed by atoms with van der Waals surface area (Å²) in [5.41, 5.74) is 2.70. The van der Waals surface area contributed by atoms with Crippen LogP contribution in [0.5, 0.6) is 5.75 Å². The Morgan fingerprint density at radius 1 is 1.38 bits per heavy atom. The van der Waals surface area contributed by atoms with Crippen molar-refractivity contribution in [3.05, 3.63) is 50.1 Å². The Hall–Kier alpha value is -0.840. The minimum absolute atomic E-state index is 0.274. The van der Waals surface area contributed by atoms with E-state index < -0.39 is 0 Å². The second kappa shape index (κ2) is 6.51. The summed E-state index contributed by atoms with van der Waals surface area (Å²) in [5.74, 6) is 0.958. The number of thiophene rings is 1. The van der Waals surface area contributed by atoms with Crippen molar-refractivity contribution in [1.82, 2.24) is 5.32 Å². The molecule has 1 N–H and O–H groups in total. The van der Waals surface area contributed by atoms with Crippen LogP contribution in [0.15, 0.2) is 34.1 Å². The predicted octanol–water partition coefficient (Wildman–Crippen LogP) is 5.25. The lowest BCUT2D eigenvalue weighted by Crippen LogP contribution is -2.27. The molecule has 4 heteroatoms. The quantitative estimate of drug-likeness (QED) is 0.798. The number of hydrogen-bond acceptors (Lipinski definition) is 3. The highest BCUT2D eigenvalue weighted by Gasteiger charge is 2.24. The molecule has 1 aromatic carbocycles. The van der Waals surface area contributed by atoms with Crippen LogP contribution in [0.2, 0.25) is 0 Å². The fourth-order valence-corrected chi connectivity index (χ4v) is 4.93. The van der Waals surface area contributed by atoms with Gasteiger partial charge < -0.3 is 10.1 Å². The summed E-state index contributed by atoms with van der Waals surface area (Å²) in [6, 6.07) is 11.3. The number of halogens is 1. The normalized spacial score (nSPS) is 19.1. The summed E-state index contributed by atoms with van der Waals surface area (Å²) < 4.78 is 6.73. The molecule has 1 aliphatic carbocycles. The van der Waals surface area contributed by atoms with E-state index in [1.165, 1.54) is 39.1 Å². The first kappa shape index (κ1) is 15.1. The highest BCUT2D eigenvalue weighted by molar-refractivity contribution is 9.11. The third-order valence-corrected chi connectivity index (χ3v) is 5.85. The zero-order chi connectivity index (χ0) is 14.8. The van der Waals surface area contributed by atoms with Gasteiger partial charge in [-0.1, -0.05) is 18.2 Å². The van der Waals surface area contributed by atoms with Gasteiger partial charge >= 0.3 is 0 Å². The zero-order valence-electron chi connectivity index (χ0n) is 12.4. The second-order valence-corrected chi connectivity index (χ2v) is 8.02. The van der Waals surface area contributed by atoms with Gasteiger partial charge in [-0.2, -0.15) is 0 Å². The van der Waals surface area contributed by atoms with Gasteiger partial charge in [-0.05, 0) is 59.8 Å². The molecule has 3 rings (SSSR count). The Morgan fingerprint density at radius 3 is 3.00 bits per heavy atom. The second-order valence-electron chi connectivity index (χ2n) is 5.50. The van der Waals surface area contributed by atoms with E-state index in [0.717, 1.165) is 5.75 Å². The molecule has 1 aromatic heterocycles. The van der Waals surface area contributed by atoms with Crippen LogP contribution in [0.4, 0.5) is 0 Å². The van der Waals surface area contributed by atoms with Crippen LogP contribution in [0.3, 0.4) is 0 Å². The summed E-state index contributed by atoms with van der Waals surface area (Å²) in [6.45, 7) is 2.22. The number of ether oxygens (including phenoxy) is 1. The molecule has 2 atom stereocenters. The molecule has 1 aliphatic rings. The number of rotatable bonds is 4. The van der Waals surface area contributed by atoms with Crippen molar-refractivity contribution in [1.29, 1.82) is 0 Å². The molecule has 0 radical (unpaired) electrons. The minimum atomic E-state index is 0.274. The Morgan fingerprint density at radius 2 is 2.19 bits per heavy atom. The first-order valence-corrected chi connectivity index (χ1v) is 8.97. The molecule has 0 fully saturated rings. The molecule has 21 heavy (non-hydrogen) atoms. The maximum atomic E-state index is 5.48. The summed E-state index contributed by atoms with van der Waals surface area (Å²) in [5, 5.41) is 3.79. The Bertz CT molecular complexity index is 625. The van der Waals surface area contributed by atoms with E-state index in [1.807, 2.05) is 23.5 Å². The minimum Gasteiger partial charge on any atom is -0.496 e. The largest absolute Gasteiger partial charge is 0.496 e. The van der Waals surface area contributed by atoms with Crippen LogP contribution < -0.4 is 10.1 Å². The summed E-state index contributed by atoms with van der Waals surface area (Å²) in [4.78, 5) is 1.53. The highest BCUT2D eigenvalue weighted by atomic mass is 79.9. The SMILES string of the molecule is COc1ccccc1C(C)NC1CCCc2sc(Br)cc21. The van der Waals surface area contributed by atoms with Crippen molar-refractivity contribution >= 4 is 27.3 Å². The van der Waals surface area contributed by atoms with Crippen molar-refractivity contribution < 1.29 is 4.74 Å². The van der Waals surface area contributed by atoms with E-state index in [9.17, 15) is 0 Å². The molecule has 2 nitrogen and oxygen atoms in total. The van der Waals surface area contributed by atoms with Gasteiger partial charge in [-0.25, -0.2) is 0 Å². The van der Waals surface area contributed by atoms with Gasteiger partial charge in [0.25, 0.3) is 0 Å². The van der Waals surface area contributed by atoms with E-state index in [2.05, 4.69) is 46.4 Å². The van der Waals surface area contributed by atoms with Gasteiger partial charge in [0.05, 0.1) is 10.9 Å². The summed E-state index contributed by atoms with van der Waals surface area (Å²) >= 11 is 5.50. The van der Waals surface area contributed by atoms with Crippen LogP contribution >= 0.6 is 27.3 Å². The molecule has 2 aromatic rings. The van der Waals surface area contributed by atoms with Crippen molar-refractivity contribution in [2.75, 3.05) is 7.11 Å². The van der Waals surface area contributed by atoms with Crippen molar-refractivity contribution in [3.63, 3.8) is 0 Å². The Labute approximate surface area is 138 Å². The average molecular weight is 366 g/mol. The lowest BCUT2D eigenvalue weighted by molar-refractivity contribution is 0.383. The number of hydrogen-bond donors (Lipinski definition) is 1. The van der Waals surface area contributed by atoms with Crippen LogP contribution in [-0.2, 0) is 6.42 Å². The fraction of sp³-hybridized carbons (Fsp3) is 0.412. The maximum absolute atomic E-state index is 5.48. The number of methoxy groups -OCH3 is 1. The number of para-hydroxylation sites is 1. The van der Waals surface area contributed by atoms with Gasteiger partial charge in [-0.3, -0.25) is 0 Å². The molecule has 0 aliphatic heterocycles. The monoisotopic (exact) mass is 365 g/mol. The van der Waals surface area contributed by atoms with E-state index in [-0.39, 0.29) is 6.04 Å². The van der Waals surface area contributed by atoms with Crippen molar-refractivity contribution in [2.24, 2.45) is 0 Å². The Balaban J connectivity index is 1.81. The Kier molecular flexibility index (Phi) is 4.67. The van der Waals surface area contributed by atoms with Gasteiger partial charge in [0.1, 0.15) is 5.75 Å². The lowest BCUT2D eigenvalue weighted by Gasteiger charge is -2.28. The molecule has 112 valence electrons. The highest BCUT2D eigenvalue weighted by Crippen LogP contribution is 2.39. The molecule has 2 unspecified atom stereocenters. The zero-order valence-corrected chi connectivity index (χ0v) is 14.8. The predicted molar refractivity (Wildman–Crippen MR) is 92.2 cm³/mol. The van der Waals surface area contributed by atoms with E-state index >= 15 is 0 Å². The molecule has 0 saturated heterocycles. The number of fused-ring (bicyclic) bond motifs is 1. The van der Waals surface area contributed by atoms with Crippen LogP contribution in [-0.4, -0.2) is 7.11 Å². The maximum Gasteiger partial charge on any atom is 0.123 e. The fourth-order valence-electron chi connectivity index (χ4n) is 3.11. The molecular weight excluding hydrogens is 346 g/mol. The van der Waals surface area contributed by atoms with Crippen LogP contribution in [0, 0.1) is 0 Å². The molecule has 1 heterocycles. The molecule has 0 amide bonds. The van der Waals surface area contributed by atoms with E-state index in [1.54, 1.807) is 7.11 Å². The van der Waals surface area contributed by atoms with Crippen molar-refractivity contribution in [3.8, 4) is 5.75 Å². The number of nitrogens with one attached hydrogen (secondary N) is 1. The van der Waals surface area contributed by atoms with Gasteiger partial charge in [0.2, 0.25) is 0 Å². The smallest absolute Gasteiger partial charge is 0.123 e. The first-order valence-electron chi connectivity index (χ1n) is 7.36. The van der Waals surface area contributed by atoms with Crippen LogP contribution in [0.25, 0.3) is 0 Å². The molecule has 0 spiro atoms. The standard InChI is InChI=1S/C17H20BrNOS/c1-11(12-6-3-4-8-15(12)20-2)19-14-7-5-9-16-13(14)10-17(18)21-16/h3-4,6,8,10-11,14,19H,5,7,9H2,1-2H3. The molecule has 0 saturated carbocycles. The van der Waals surface area contributed by atoms with Gasteiger partial charge in [-0.15, -0.1) is 11.3 Å². The topological polar surface area (TPSA) is 21.3 Å². The lowest BCUT2D eigenvalue weighted by atomic mass is 9.92. The summed E-state index contributed by atoms with van der Waals surface area (Å²) in [6.07, 6.45) is 3.68. The van der Waals surface area contributed by atoms with E-state index in [0.29, 0.717) is 6.04 Å². The third kappa shape index (κ3) is 3.17. The first-order chi connectivity index (χ1) is 10.2. The molecular formula is C17H20BrNOS. The average Bonchev–Trinajstić information content (AvgIpc) is 2.88. The number of benzene rings is 1. The van der Waals surface area contributed by atoms with Gasteiger partial charge in [0, 0.05) is 22.5 Å². The number of aryl methyl sites for hydroxylation is 1. The third-order valence-electron chi connectivity index (χ3n) is 4.14.